The Hall–Kier alpha value is -2.06. The van der Waals surface area contributed by atoms with Crippen molar-refractivity contribution in [2.45, 2.75) is 19.5 Å². The summed E-state index contributed by atoms with van der Waals surface area (Å²) in [6.07, 6.45) is 0. The summed E-state index contributed by atoms with van der Waals surface area (Å²) in [7, 11) is 1.51. The van der Waals surface area contributed by atoms with Crippen LogP contribution in [0.25, 0.3) is 0 Å². The lowest BCUT2D eigenvalue weighted by molar-refractivity contribution is 0.0708. The van der Waals surface area contributed by atoms with Crippen LogP contribution < -0.4 is 20.5 Å². The lowest BCUT2D eigenvalue weighted by Gasteiger charge is -2.32. The predicted octanol–water partition coefficient (Wildman–Crippen LogP) is 3.36. The van der Waals surface area contributed by atoms with E-state index in [1.165, 1.54) is 19.2 Å². The number of carbonyl (C=O) groups is 1. The summed E-state index contributed by atoms with van der Waals surface area (Å²) in [6, 6.07) is 9.55. The molecule has 2 aromatic carbocycles. The van der Waals surface area contributed by atoms with E-state index in [0.717, 1.165) is 6.54 Å². The van der Waals surface area contributed by atoms with Crippen LogP contribution in [0.1, 0.15) is 22.8 Å². The third-order valence-corrected chi connectivity index (χ3v) is 4.46. The fourth-order valence-corrected chi connectivity index (χ4v) is 3.11. The molecule has 3 rings (SSSR count). The number of nitrogens with two attached hydrogens (primary N) is 1. The van der Waals surface area contributed by atoms with Crippen molar-refractivity contribution in [1.29, 1.82) is 0 Å². The largest absolute Gasteiger partial charge is 0.493 e. The number of rotatable bonds is 5. The van der Waals surface area contributed by atoms with Crippen molar-refractivity contribution >= 4 is 30.7 Å². The topological polar surface area (TPSA) is 76.8 Å². The quantitative estimate of drug-likeness (QED) is 0.737. The van der Waals surface area contributed by atoms with Gasteiger partial charge in [0.1, 0.15) is 11.6 Å². The zero-order valence-electron chi connectivity index (χ0n) is 16.3. The van der Waals surface area contributed by atoms with Crippen LogP contribution in [0.3, 0.4) is 0 Å². The van der Waals surface area contributed by atoms with Crippen LogP contribution in [0.2, 0.25) is 0 Å². The molecule has 0 bridgehead atoms. The van der Waals surface area contributed by atoms with Crippen molar-refractivity contribution in [3.8, 4) is 17.2 Å². The first kappa shape index (κ1) is 25.0. The molecule has 1 saturated heterocycles. The van der Waals surface area contributed by atoms with E-state index in [1.54, 1.807) is 24.3 Å². The van der Waals surface area contributed by atoms with Gasteiger partial charge < -0.3 is 25.4 Å². The molecule has 3 N–H and O–H groups in total. The fourth-order valence-electron chi connectivity index (χ4n) is 3.11. The predicted molar refractivity (Wildman–Crippen MR) is 115 cm³/mol. The van der Waals surface area contributed by atoms with E-state index in [9.17, 15) is 9.18 Å². The molecule has 160 valence electrons. The molecule has 9 heteroatoms. The molecule has 1 atom stereocenters. The van der Waals surface area contributed by atoms with Crippen molar-refractivity contribution in [3.63, 3.8) is 0 Å². The van der Waals surface area contributed by atoms with E-state index in [4.69, 9.17) is 15.2 Å². The highest BCUT2D eigenvalue weighted by atomic mass is 35.5. The van der Waals surface area contributed by atoms with Gasteiger partial charge in [-0.15, -0.1) is 24.8 Å². The summed E-state index contributed by atoms with van der Waals surface area (Å²) in [5.74, 6) is 0.597. The van der Waals surface area contributed by atoms with E-state index >= 15 is 0 Å². The molecule has 1 amide bonds. The summed E-state index contributed by atoms with van der Waals surface area (Å²) >= 11 is 0. The number of nitrogens with one attached hydrogen (secondary N) is 1. The second kappa shape index (κ2) is 11.2. The number of amides is 1. The van der Waals surface area contributed by atoms with Crippen LogP contribution in [0, 0.1) is 5.82 Å². The van der Waals surface area contributed by atoms with Gasteiger partial charge in [0, 0.05) is 43.9 Å². The van der Waals surface area contributed by atoms with Crippen molar-refractivity contribution in [2.75, 3.05) is 26.7 Å². The Morgan fingerprint density at radius 2 is 2.00 bits per heavy atom. The second-order valence-corrected chi connectivity index (χ2v) is 6.57. The molecular weight excluding hydrogens is 420 g/mol. The smallest absolute Gasteiger partial charge is 0.254 e. The monoisotopic (exact) mass is 445 g/mol. The first-order valence-electron chi connectivity index (χ1n) is 8.88. The molecule has 0 spiro atoms. The third-order valence-electron chi connectivity index (χ3n) is 4.46. The van der Waals surface area contributed by atoms with Gasteiger partial charge in [-0.25, -0.2) is 4.39 Å². The van der Waals surface area contributed by atoms with Crippen LogP contribution in [-0.4, -0.2) is 43.6 Å². The minimum absolute atomic E-state index is 0. The highest BCUT2D eigenvalue weighted by Crippen LogP contribution is 2.33. The number of benzene rings is 2. The van der Waals surface area contributed by atoms with Gasteiger partial charge in [-0.1, -0.05) is 0 Å². The minimum atomic E-state index is -0.436. The van der Waals surface area contributed by atoms with Crippen LogP contribution in [0.15, 0.2) is 36.4 Å². The zero-order valence-corrected chi connectivity index (χ0v) is 17.9. The van der Waals surface area contributed by atoms with Crippen LogP contribution >= 0.6 is 24.8 Å². The number of carbonyl (C=O) groups excluding carboxylic acids is 1. The fraction of sp³-hybridized carbons (Fsp3) is 0.350. The van der Waals surface area contributed by atoms with Gasteiger partial charge in [-0.3, -0.25) is 4.79 Å². The van der Waals surface area contributed by atoms with Gasteiger partial charge >= 0.3 is 0 Å². The highest BCUT2D eigenvalue weighted by Gasteiger charge is 2.22. The molecule has 1 aliphatic heterocycles. The molecule has 6 nitrogen and oxygen atoms in total. The molecule has 1 fully saturated rings. The summed E-state index contributed by atoms with van der Waals surface area (Å²) < 4.78 is 24.9. The van der Waals surface area contributed by atoms with Crippen LogP contribution in [0.4, 0.5) is 4.39 Å². The van der Waals surface area contributed by atoms with Crippen molar-refractivity contribution in [1.82, 2.24) is 10.2 Å². The normalized spacial score (nSPS) is 15.7. The Morgan fingerprint density at radius 1 is 1.24 bits per heavy atom. The van der Waals surface area contributed by atoms with E-state index in [2.05, 4.69) is 5.32 Å². The van der Waals surface area contributed by atoms with E-state index < -0.39 is 5.82 Å². The first-order chi connectivity index (χ1) is 13.0. The van der Waals surface area contributed by atoms with E-state index in [1.807, 2.05) is 11.8 Å². The lowest BCUT2D eigenvalue weighted by Crippen LogP contribution is -2.51. The van der Waals surface area contributed by atoms with Gasteiger partial charge in [0.15, 0.2) is 11.5 Å². The Labute approximate surface area is 182 Å². The molecule has 2 aromatic rings. The van der Waals surface area contributed by atoms with Crippen molar-refractivity contribution in [3.05, 3.63) is 53.3 Å². The Bertz CT molecular complexity index is 839. The molecule has 0 aliphatic carbocycles. The van der Waals surface area contributed by atoms with Gasteiger partial charge in [-0.05, 0) is 42.8 Å². The van der Waals surface area contributed by atoms with E-state index in [-0.39, 0.29) is 43.3 Å². The summed E-state index contributed by atoms with van der Waals surface area (Å²) in [4.78, 5) is 14.6. The number of hydrogen-bond donors (Lipinski definition) is 2. The standard InChI is InChI=1S/C20H24FN3O3.2ClH/c1-13-12-24(6-5-23-13)20(25)15-3-4-18(26-2)19(9-15)27-17-8-14(11-22)7-16(21)10-17;;/h3-4,7-10,13,23H,5-6,11-12,22H2,1-2H3;2*1H/t13-;;/m1../s1. The molecule has 0 aromatic heterocycles. The molecule has 0 unspecified atom stereocenters. The number of ether oxygens (including phenoxy) is 2. The Kier molecular flexibility index (Phi) is 9.65. The SMILES string of the molecule is COc1ccc(C(=O)N2CCN[C@H](C)C2)cc1Oc1cc(F)cc(CN)c1.Cl.Cl. The average Bonchev–Trinajstić information content (AvgIpc) is 2.66. The highest BCUT2D eigenvalue weighted by molar-refractivity contribution is 5.95. The number of hydrogen-bond acceptors (Lipinski definition) is 5. The van der Waals surface area contributed by atoms with Crippen LogP contribution in [-0.2, 0) is 6.54 Å². The van der Waals surface area contributed by atoms with Gasteiger partial charge in [-0.2, -0.15) is 0 Å². The zero-order chi connectivity index (χ0) is 19.4. The minimum Gasteiger partial charge on any atom is -0.493 e. The van der Waals surface area contributed by atoms with Crippen LogP contribution in [0.5, 0.6) is 17.2 Å². The number of methoxy groups -OCH3 is 1. The van der Waals surface area contributed by atoms with Gasteiger partial charge in [0.05, 0.1) is 7.11 Å². The maximum absolute atomic E-state index is 13.8. The van der Waals surface area contributed by atoms with Gasteiger partial charge in [0.25, 0.3) is 5.91 Å². The molecule has 0 radical (unpaired) electrons. The summed E-state index contributed by atoms with van der Waals surface area (Å²) in [6.45, 7) is 4.30. The average molecular weight is 446 g/mol. The van der Waals surface area contributed by atoms with Crippen molar-refractivity contribution < 1.29 is 18.7 Å². The maximum atomic E-state index is 13.8. The first-order valence-corrected chi connectivity index (χ1v) is 8.88. The second-order valence-electron chi connectivity index (χ2n) is 6.57. The molecule has 1 heterocycles. The maximum Gasteiger partial charge on any atom is 0.254 e. The van der Waals surface area contributed by atoms with Gasteiger partial charge in [0.2, 0.25) is 0 Å². The Balaban J connectivity index is 0.00000210. The number of piperazine rings is 1. The molecule has 1 aliphatic rings. The number of halogens is 3. The van der Waals surface area contributed by atoms with E-state index in [0.29, 0.717) is 41.5 Å². The van der Waals surface area contributed by atoms with Crippen molar-refractivity contribution in [2.24, 2.45) is 5.73 Å². The molecule has 29 heavy (non-hydrogen) atoms. The summed E-state index contributed by atoms with van der Waals surface area (Å²) in [5, 5.41) is 3.31. The number of nitrogens with zero attached hydrogens (tertiary/aromatic N) is 1. The summed E-state index contributed by atoms with van der Waals surface area (Å²) in [5.41, 5.74) is 6.70. The lowest BCUT2D eigenvalue weighted by atomic mass is 10.1. The Morgan fingerprint density at radius 3 is 2.66 bits per heavy atom. The molecular formula is C20H26Cl2FN3O3. The third kappa shape index (κ3) is 6.21. The molecule has 0 saturated carbocycles.